The van der Waals surface area contributed by atoms with Crippen molar-refractivity contribution in [1.29, 1.82) is 0 Å². The van der Waals surface area contributed by atoms with Gasteiger partial charge in [-0.15, -0.1) is 0 Å². The first-order valence-corrected chi connectivity index (χ1v) is 6.71. The summed E-state index contributed by atoms with van der Waals surface area (Å²) in [5, 5.41) is 0.141. The summed E-state index contributed by atoms with van der Waals surface area (Å²) in [5.41, 5.74) is 1.74. The SMILES string of the molecule is O=[PH](O)OP(=O)(O)c1cccc2c1C2. The Bertz CT molecular complexity index is 455. The van der Waals surface area contributed by atoms with Crippen molar-refractivity contribution in [2.24, 2.45) is 0 Å². The van der Waals surface area contributed by atoms with Crippen LogP contribution in [0.1, 0.15) is 11.1 Å². The predicted molar refractivity (Wildman–Crippen MR) is 51.0 cm³/mol. The third-order valence-corrected chi connectivity index (χ3v) is 4.64. The van der Waals surface area contributed by atoms with Gasteiger partial charge < -0.3 is 9.79 Å². The summed E-state index contributed by atoms with van der Waals surface area (Å²) in [6.45, 7) is 0. The van der Waals surface area contributed by atoms with Crippen LogP contribution in [0.2, 0.25) is 0 Å². The topological polar surface area (TPSA) is 83.8 Å². The largest absolute Gasteiger partial charge is 0.366 e. The predicted octanol–water partition coefficient (Wildman–Crippen LogP) is 0.800. The van der Waals surface area contributed by atoms with Gasteiger partial charge in [0.2, 0.25) is 0 Å². The zero-order chi connectivity index (χ0) is 10.3. The molecule has 0 fully saturated rings. The second kappa shape index (κ2) is 3.30. The standard InChI is InChI=1S/C7H8O5P2/c8-13(9)12-14(10,11)7-3-1-2-5-4-6(5)7/h1-3,13H,4H2,(H,8,9)(H,10,11). The highest BCUT2D eigenvalue weighted by molar-refractivity contribution is 7.66. The molecule has 0 saturated heterocycles. The van der Waals surface area contributed by atoms with Gasteiger partial charge >= 0.3 is 15.9 Å². The molecule has 0 spiro atoms. The van der Waals surface area contributed by atoms with Crippen molar-refractivity contribution in [2.45, 2.75) is 6.42 Å². The molecule has 2 unspecified atom stereocenters. The molecule has 1 aliphatic rings. The van der Waals surface area contributed by atoms with Gasteiger partial charge in [0.15, 0.2) is 0 Å². The second-order valence-electron chi connectivity index (χ2n) is 2.97. The van der Waals surface area contributed by atoms with Crippen molar-refractivity contribution in [3.8, 4) is 0 Å². The molecule has 2 rings (SSSR count). The Morgan fingerprint density at radius 1 is 1.50 bits per heavy atom. The van der Waals surface area contributed by atoms with Crippen LogP contribution < -0.4 is 5.30 Å². The lowest BCUT2D eigenvalue weighted by molar-refractivity contribution is 0.360. The minimum atomic E-state index is -4.10. The lowest BCUT2D eigenvalue weighted by Crippen LogP contribution is -2.04. The Balaban J connectivity index is 2.36. The highest BCUT2D eigenvalue weighted by atomic mass is 31.2. The highest BCUT2D eigenvalue weighted by Crippen LogP contribution is 2.51. The Morgan fingerprint density at radius 3 is 2.86 bits per heavy atom. The summed E-state index contributed by atoms with van der Waals surface area (Å²) >= 11 is 0. The summed E-state index contributed by atoms with van der Waals surface area (Å²) in [5.74, 6) is 0. The van der Waals surface area contributed by atoms with Crippen molar-refractivity contribution < 1.29 is 23.2 Å². The van der Waals surface area contributed by atoms with E-state index in [1.807, 2.05) is 6.07 Å². The van der Waals surface area contributed by atoms with Crippen LogP contribution in [-0.2, 0) is 19.9 Å². The Hall–Kier alpha value is -0.440. The van der Waals surface area contributed by atoms with E-state index < -0.39 is 15.9 Å². The van der Waals surface area contributed by atoms with E-state index >= 15 is 0 Å². The zero-order valence-electron chi connectivity index (χ0n) is 7.01. The van der Waals surface area contributed by atoms with E-state index in [1.165, 1.54) is 6.07 Å². The van der Waals surface area contributed by atoms with E-state index in [4.69, 9.17) is 4.89 Å². The molecule has 0 heterocycles. The van der Waals surface area contributed by atoms with Gasteiger partial charge in [0, 0.05) is 0 Å². The van der Waals surface area contributed by atoms with E-state index in [0.717, 1.165) is 11.1 Å². The fraction of sp³-hybridized carbons (Fsp3) is 0.143. The number of hydrogen-bond acceptors (Lipinski definition) is 3. The highest BCUT2D eigenvalue weighted by Gasteiger charge is 2.33. The fourth-order valence-electron chi connectivity index (χ4n) is 1.34. The fourth-order valence-corrected chi connectivity index (χ4v) is 3.42. The van der Waals surface area contributed by atoms with Gasteiger partial charge in [0.05, 0.1) is 5.30 Å². The number of fused-ring (bicyclic) bond motifs is 1. The smallest absolute Gasteiger partial charge is 0.326 e. The average molecular weight is 234 g/mol. The molecule has 0 bridgehead atoms. The maximum absolute atomic E-state index is 11.5. The molecular formula is C7H8O5P2. The van der Waals surface area contributed by atoms with Gasteiger partial charge in [0.25, 0.3) is 0 Å². The van der Waals surface area contributed by atoms with Gasteiger partial charge in [0.1, 0.15) is 0 Å². The van der Waals surface area contributed by atoms with Crippen molar-refractivity contribution >= 4 is 21.2 Å². The summed E-state index contributed by atoms with van der Waals surface area (Å²) in [6, 6.07) is 4.90. The third kappa shape index (κ3) is 1.83. The zero-order valence-corrected chi connectivity index (χ0v) is 8.90. The number of benzene rings is 1. The van der Waals surface area contributed by atoms with E-state index in [9.17, 15) is 14.0 Å². The maximum atomic E-state index is 11.5. The van der Waals surface area contributed by atoms with E-state index in [-0.39, 0.29) is 5.30 Å². The second-order valence-corrected chi connectivity index (χ2v) is 5.75. The van der Waals surface area contributed by atoms with Crippen LogP contribution in [-0.4, -0.2) is 9.79 Å². The van der Waals surface area contributed by atoms with Crippen molar-refractivity contribution in [3.05, 3.63) is 29.3 Å². The normalized spacial score (nSPS) is 19.6. The lowest BCUT2D eigenvalue weighted by Gasteiger charge is -2.08. The molecule has 7 heteroatoms. The van der Waals surface area contributed by atoms with Crippen molar-refractivity contribution in [3.63, 3.8) is 0 Å². The molecule has 0 aromatic heterocycles. The molecule has 76 valence electrons. The van der Waals surface area contributed by atoms with Gasteiger partial charge in [-0.2, -0.15) is 0 Å². The maximum Gasteiger partial charge on any atom is 0.366 e. The van der Waals surface area contributed by atoms with Crippen LogP contribution in [0.5, 0.6) is 0 Å². The van der Waals surface area contributed by atoms with Crippen LogP contribution in [0.4, 0.5) is 0 Å². The molecule has 1 aliphatic carbocycles. The molecule has 0 aliphatic heterocycles. The van der Waals surface area contributed by atoms with E-state index in [2.05, 4.69) is 4.31 Å². The number of hydrogen-bond donors (Lipinski definition) is 2. The van der Waals surface area contributed by atoms with E-state index in [0.29, 0.717) is 6.42 Å². The summed E-state index contributed by atoms with van der Waals surface area (Å²) in [7, 11) is -7.50. The van der Waals surface area contributed by atoms with Crippen LogP contribution in [0.25, 0.3) is 0 Å². The van der Waals surface area contributed by atoms with Crippen LogP contribution >= 0.6 is 15.9 Å². The molecule has 0 radical (unpaired) electrons. The van der Waals surface area contributed by atoms with Gasteiger partial charge in [-0.1, -0.05) is 12.1 Å². The molecule has 14 heavy (non-hydrogen) atoms. The molecule has 2 atom stereocenters. The quantitative estimate of drug-likeness (QED) is 0.767. The van der Waals surface area contributed by atoms with Gasteiger partial charge in [-0.25, -0.2) is 4.31 Å². The molecule has 0 amide bonds. The first-order valence-electron chi connectivity index (χ1n) is 3.87. The van der Waals surface area contributed by atoms with Gasteiger partial charge in [-0.3, -0.25) is 9.13 Å². The van der Waals surface area contributed by atoms with Crippen molar-refractivity contribution in [1.82, 2.24) is 0 Å². The Morgan fingerprint density at radius 2 is 2.21 bits per heavy atom. The molecule has 1 aromatic rings. The van der Waals surface area contributed by atoms with Crippen molar-refractivity contribution in [2.75, 3.05) is 0 Å². The minimum Gasteiger partial charge on any atom is -0.326 e. The van der Waals surface area contributed by atoms with Crippen LogP contribution in [0.15, 0.2) is 18.2 Å². The molecular weight excluding hydrogens is 226 g/mol. The summed E-state index contributed by atoms with van der Waals surface area (Å²) < 4.78 is 26.0. The first-order chi connectivity index (χ1) is 6.50. The Labute approximate surface area is 80.8 Å². The van der Waals surface area contributed by atoms with Gasteiger partial charge in [-0.05, 0) is 23.6 Å². The molecule has 5 nitrogen and oxygen atoms in total. The third-order valence-electron chi connectivity index (χ3n) is 2.00. The van der Waals surface area contributed by atoms with E-state index in [1.54, 1.807) is 6.07 Å². The summed E-state index contributed by atoms with van der Waals surface area (Å²) in [4.78, 5) is 17.8. The minimum absolute atomic E-state index is 0.141. The first kappa shape index (κ1) is 10.1. The van der Waals surface area contributed by atoms with Crippen LogP contribution in [0.3, 0.4) is 0 Å². The lowest BCUT2D eigenvalue weighted by atomic mass is 10.4. The summed E-state index contributed by atoms with van der Waals surface area (Å²) in [6.07, 6.45) is 0.655. The molecule has 2 N–H and O–H groups in total. The molecule has 1 aromatic carbocycles. The Kier molecular flexibility index (Phi) is 2.38. The molecule has 0 saturated carbocycles. The monoisotopic (exact) mass is 234 g/mol. The number of rotatable bonds is 3. The van der Waals surface area contributed by atoms with Crippen LogP contribution in [0, 0.1) is 0 Å². The average Bonchev–Trinajstić information content (AvgIpc) is 2.78.